The molecule has 0 aromatic heterocycles. The van der Waals surface area contributed by atoms with Gasteiger partial charge in [-0.25, -0.2) is 0 Å². The lowest BCUT2D eigenvalue weighted by atomic mass is 9.85. The molecule has 0 spiro atoms. The van der Waals surface area contributed by atoms with Crippen LogP contribution in [0.3, 0.4) is 0 Å². The van der Waals surface area contributed by atoms with Crippen LogP contribution in [0.1, 0.15) is 51.9 Å². The molecule has 0 aromatic carbocycles. The summed E-state index contributed by atoms with van der Waals surface area (Å²) in [4.78, 5) is 4.60. The van der Waals surface area contributed by atoms with Crippen LogP contribution in [0.5, 0.6) is 0 Å². The van der Waals surface area contributed by atoms with Crippen molar-refractivity contribution in [3.63, 3.8) is 0 Å². The number of rotatable bonds is 12. The summed E-state index contributed by atoms with van der Waals surface area (Å²) in [6, 6.07) is 0. The molecule has 0 radical (unpaired) electrons. The SMILES string of the molecule is CC1(C=NCCCCCCSCCCCO)C=CC=CC1. The fraction of sp³-hybridized carbons (Fsp3) is 0.722. The van der Waals surface area contributed by atoms with Gasteiger partial charge in [0.05, 0.1) is 0 Å². The van der Waals surface area contributed by atoms with E-state index >= 15 is 0 Å². The predicted octanol–water partition coefficient (Wildman–Crippen LogP) is 4.65. The monoisotopic (exact) mass is 309 g/mol. The van der Waals surface area contributed by atoms with Crippen LogP contribution in [0, 0.1) is 5.41 Å². The third-order valence-corrected chi connectivity index (χ3v) is 4.85. The topological polar surface area (TPSA) is 32.6 Å². The van der Waals surface area contributed by atoms with Gasteiger partial charge >= 0.3 is 0 Å². The van der Waals surface area contributed by atoms with Crippen LogP contribution in [0.15, 0.2) is 29.3 Å². The first kappa shape index (κ1) is 18.5. The molecule has 1 aliphatic rings. The highest BCUT2D eigenvalue weighted by Gasteiger charge is 2.17. The molecule has 2 nitrogen and oxygen atoms in total. The van der Waals surface area contributed by atoms with E-state index in [1.54, 1.807) is 0 Å². The summed E-state index contributed by atoms with van der Waals surface area (Å²) < 4.78 is 0. The van der Waals surface area contributed by atoms with E-state index in [1.807, 2.05) is 11.8 Å². The molecule has 120 valence electrons. The van der Waals surface area contributed by atoms with E-state index in [4.69, 9.17) is 5.11 Å². The van der Waals surface area contributed by atoms with Crippen molar-refractivity contribution in [1.82, 2.24) is 0 Å². The van der Waals surface area contributed by atoms with Crippen LogP contribution in [-0.2, 0) is 0 Å². The van der Waals surface area contributed by atoms with Gasteiger partial charge in [-0.05, 0) is 43.6 Å². The Labute approximate surface area is 134 Å². The van der Waals surface area contributed by atoms with Crippen molar-refractivity contribution in [2.75, 3.05) is 24.7 Å². The Kier molecular flexibility index (Phi) is 10.6. The van der Waals surface area contributed by atoms with Gasteiger partial charge in [0.2, 0.25) is 0 Å². The molecular formula is C18H31NOS. The highest BCUT2D eigenvalue weighted by molar-refractivity contribution is 7.99. The van der Waals surface area contributed by atoms with Crippen LogP contribution in [0.2, 0.25) is 0 Å². The summed E-state index contributed by atoms with van der Waals surface area (Å²) in [6.45, 7) is 3.55. The maximum atomic E-state index is 8.68. The Morgan fingerprint density at radius 2 is 1.86 bits per heavy atom. The molecule has 21 heavy (non-hydrogen) atoms. The fourth-order valence-corrected chi connectivity index (χ4v) is 3.31. The molecule has 0 fully saturated rings. The second-order valence-corrected chi connectivity index (χ2v) is 7.21. The van der Waals surface area contributed by atoms with Crippen molar-refractivity contribution in [2.45, 2.75) is 51.9 Å². The number of nitrogens with zero attached hydrogens (tertiary/aromatic N) is 1. The molecule has 0 saturated carbocycles. The van der Waals surface area contributed by atoms with Gasteiger partial charge in [0.25, 0.3) is 0 Å². The molecular weight excluding hydrogens is 278 g/mol. The molecule has 0 bridgehead atoms. The fourth-order valence-electron chi connectivity index (χ4n) is 2.29. The first-order valence-electron chi connectivity index (χ1n) is 8.31. The van der Waals surface area contributed by atoms with Crippen LogP contribution in [-0.4, -0.2) is 36.0 Å². The number of allylic oxidation sites excluding steroid dienone is 4. The van der Waals surface area contributed by atoms with Gasteiger partial charge in [0, 0.05) is 24.8 Å². The largest absolute Gasteiger partial charge is 0.396 e. The maximum absolute atomic E-state index is 8.68. The van der Waals surface area contributed by atoms with Crippen LogP contribution in [0.25, 0.3) is 0 Å². The Morgan fingerprint density at radius 1 is 1.10 bits per heavy atom. The standard InChI is InChI=1S/C18H31NOS/c1-18(11-5-4-6-12-18)17-19-13-7-2-3-9-15-21-16-10-8-14-20/h4-6,11,17,20H,2-3,7-10,12-16H2,1H3. The van der Waals surface area contributed by atoms with Gasteiger partial charge in [-0.2, -0.15) is 11.8 Å². The van der Waals surface area contributed by atoms with Crippen molar-refractivity contribution in [3.05, 3.63) is 24.3 Å². The minimum atomic E-state index is 0.139. The number of hydrogen-bond donors (Lipinski definition) is 1. The maximum Gasteiger partial charge on any atom is 0.0431 e. The van der Waals surface area contributed by atoms with E-state index in [1.165, 1.54) is 37.2 Å². The number of aliphatic imine (C=N–C) groups is 1. The summed E-state index contributed by atoms with van der Waals surface area (Å²) in [5.41, 5.74) is 0.139. The van der Waals surface area contributed by atoms with Crippen molar-refractivity contribution < 1.29 is 5.11 Å². The molecule has 0 aliphatic heterocycles. The van der Waals surface area contributed by atoms with Crippen LogP contribution >= 0.6 is 11.8 Å². The number of aliphatic hydroxyl groups excluding tert-OH is 1. The number of thioether (sulfide) groups is 1. The summed E-state index contributed by atoms with van der Waals surface area (Å²) in [5, 5.41) is 8.68. The highest BCUT2D eigenvalue weighted by Crippen LogP contribution is 2.24. The Morgan fingerprint density at radius 3 is 2.57 bits per heavy atom. The minimum absolute atomic E-state index is 0.139. The summed E-state index contributed by atoms with van der Waals surface area (Å²) in [7, 11) is 0. The lowest BCUT2D eigenvalue weighted by Gasteiger charge is -2.20. The molecule has 1 N–H and O–H groups in total. The second kappa shape index (κ2) is 12.0. The molecule has 3 heteroatoms. The minimum Gasteiger partial charge on any atom is -0.396 e. The smallest absolute Gasteiger partial charge is 0.0431 e. The van der Waals surface area contributed by atoms with Crippen LogP contribution in [0.4, 0.5) is 0 Å². The third-order valence-electron chi connectivity index (χ3n) is 3.69. The molecule has 0 aromatic rings. The predicted molar refractivity (Wildman–Crippen MR) is 96.5 cm³/mol. The summed E-state index contributed by atoms with van der Waals surface area (Å²) in [6.07, 6.45) is 19.1. The van der Waals surface area contributed by atoms with Gasteiger partial charge < -0.3 is 5.11 Å². The van der Waals surface area contributed by atoms with E-state index in [0.717, 1.165) is 25.8 Å². The van der Waals surface area contributed by atoms with E-state index in [0.29, 0.717) is 6.61 Å². The first-order chi connectivity index (χ1) is 10.3. The van der Waals surface area contributed by atoms with Gasteiger partial charge in [0.15, 0.2) is 0 Å². The zero-order valence-corrected chi connectivity index (χ0v) is 14.3. The van der Waals surface area contributed by atoms with Gasteiger partial charge in [-0.15, -0.1) is 0 Å². The molecule has 0 heterocycles. The number of unbranched alkanes of at least 4 members (excludes halogenated alkanes) is 4. The molecule has 0 amide bonds. The normalized spacial score (nSPS) is 21.4. The lowest BCUT2D eigenvalue weighted by Crippen LogP contribution is -2.15. The van der Waals surface area contributed by atoms with Gasteiger partial charge in [-0.1, -0.05) is 44.1 Å². The van der Waals surface area contributed by atoms with E-state index in [9.17, 15) is 0 Å². The Balaban J connectivity index is 1.88. The molecule has 0 saturated heterocycles. The first-order valence-corrected chi connectivity index (χ1v) is 9.46. The lowest BCUT2D eigenvalue weighted by molar-refractivity contribution is 0.287. The highest BCUT2D eigenvalue weighted by atomic mass is 32.2. The van der Waals surface area contributed by atoms with Crippen molar-refractivity contribution >= 4 is 18.0 Å². The summed E-state index contributed by atoms with van der Waals surface area (Å²) in [5.74, 6) is 2.47. The third kappa shape index (κ3) is 9.92. The van der Waals surface area contributed by atoms with E-state index in [-0.39, 0.29) is 5.41 Å². The zero-order valence-electron chi connectivity index (χ0n) is 13.5. The molecule has 1 aliphatic carbocycles. The Bertz CT molecular complexity index is 338. The van der Waals surface area contributed by atoms with Crippen molar-refractivity contribution in [2.24, 2.45) is 10.4 Å². The zero-order chi connectivity index (χ0) is 15.2. The average Bonchev–Trinajstić information content (AvgIpc) is 2.49. The van der Waals surface area contributed by atoms with Crippen molar-refractivity contribution in [1.29, 1.82) is 0 Å². The molecule has 1 atom stereocenters. The van der Waals surface area contributed by atoms with Gasteiger partial charge in [0.1, 0.15) is 0 Å². The quantitative estimate of drug-likeness (QED) is 0.420. The average molecular weight is 310 g/mol. The molecule has 1 unspecified atom stereocenters. The van der Waals surface area contributed by atoms with E-state index in [2.05, 4.69) is 42.4 Å². The number of hydrogen-bond acceptors (Lipinski definition) is 3. The van der Waals surface area contributed by atoms with Crippen molar-refractivity contribution in [3.8, 4) is 0 Å². The van der Waals surface area contributed by atoms with Gasteiger partial charge in [-0.3, -0.25) is 4.99 Å². The van der Waals surface area contributed by atoms with E-state index < -0.39 is 0 Å². The number of aliphatic hydroxyl groups is 1. The Hall–Kier alpha value is -0.540. The van der Waals surface area contributed by atoms with Crippen LogP contribution < -0.4 is 0 Å². The molecule has 1 rings (SSSR count). The second-order valence-electron chi connectivity index (χ2n) is 5.99. The summed E-state index contributed by atoms with van der Waals surface area (Å²) >= 11 is 2.02.